The van der Waals surface area contributed by atoms with Gasteiger partial charge in [-0.3, -0.25) is 53.0 Å². The Hall–Kier alpha value is -8.12. The summed E-state index contributed by atoms with van der Waals surface area (Å²) >= 11 is 0. The van der Waals surface area contributed by atoms with Gasteiger partial charge in [0.15, 0.2) is 24.6 Å². The van der Waals surface area contributed by atoms with E-state index < -0.39 is 144 Å². The number of carbonyl (C=O) groups is 10. The van der Waals surface area contributed by atoms with Crippen LogP contribution in [0.15, 0.2) is 42.5 Å². The number of nitrogens with zero attached hydrogens (tertiary/aromatic N) is 2. The van der Waals surface area contributed by atoms with Crippen molar-refractivity contribution in [1.82, 2.24) is 36.4 Å². The van der Waals surface area contributed by atoms with Crippen LogP contribution in [-0.2, 0) is 75.0 Å². The molecule has 4 fully saturated rings. The number of anilines is 1. The predicted molar refractivity (Wildman–Crippen MR) is 300 cm³/mol. The van der Waals surface area contributed by atoms with E-state index in [0.717, 1.165) is 4.90 Å². The van der Waals surface area contributed by atoms with E-state index in [2.05, 4.69) is 36.8 Å². The summed E-state index contributed by atoms with van der Waals surface area (Å²) in [5, 5.41) is 52.0. The summed E-state index contributed by atoms with van der Waals surface area (Å²) in [6.07, 6.45) is -6.61. The van der Waals surface area contributed by atoms with E-state index in [0.29, 0.717) is 24.4 Å². The van der Waals surface area contributed by atoms with E-state index in [4.69, 9.17) is 33.2 Å². The second-order valence-electron chi connectivity index (χ2n) is 22.6. The molecule has 9 N–H and O–H groups in total. The number of phenolic OH excluding ortho intramolecular Hbond substituents is 2. The van der Waals surface area contributed by atoms with Crippen LogP contribution in [0.3, 0.4) is 0 Å². The maximum Gasteiger partial charge on any atom is 0.408 e. The Kier molecular flexibility index (Phi) is 19.3. The normalized spacial score (nSPS) is 24.9. The fourth-order valence-corrected chi connectivity index (χ4v) is 11.8. The Balaban J connectivity index is 0.767. The lowest BCUT2D eigenvalue weighted by Gasteiger charge is -2.43. The molecule has 0 unspecified atom stereocenters. The molecule has 468 valence electrons. The molecule has 3 aromatic rings. The summed E-state index contributed by atoms with van der Waals surface area (Å²) in [7, 11) is 2.83. The number of imide groups is 1. The van der Waals surface area contributed by atoms with E-state index in [9.17, 15) is 63.3 Å². The van der Waals surface area contributed by atoms with Crippen molar-refractivity contribution in [2.45, 2.75) is 147 Å². The average molecular weight is 1210 g/mol. The molecule has 4 heterocycles. The fraction of sp³-hybridized carbons (Fsp3) is 0.525. The van der Waals surface area contributed by atoms with Gasteiger partial charge in [0.25, 0.3) is 5.91 Å². The molecule has 28 nitrogen and oxygen atoms in total. The predicted octanol–water partition coefficient (Wildman–Crippen LogP) is 0.820. The number of benzene rings is 3. The lowest BCUT2D eigenvalue weighted by atomic mass is 9.72. The zero-order valence-corrected chi connectivity index (χ0v) is 49.1. The first kappa shape index (κ1) is 63.4. The third kappa shape index (κ3) is 13.3. The highest BCUT2D eigenvalue weighted by molar-refractivity contribution is 6.31. The highest BCUT2D eigenvalue weighted by atomic mass is 16.7. The highest BCUT2D eigenvalue weighted by Crippen LogP contribution is 2.53. The van der Waals surface area contributed by atoms with Crippen molar-refractivity contribution in [2.75, 3.05) is 52.3 Å². The summed E-state index contributed by atoms with van der Waals surface area (Å²) in [6.45, 7) is 8.15. The number of ether oxygens (including phenoxy) is 7. The molecule has 0 saturated carbocycles. The monoisotopic (exact) mass is 1210 g/mol. The Morgan fingerprint density at radius 1 is 0.805 bits per heavy atom. The summed E-state index contributed by atoms with van der Waals surface area (Å²) in [5.41, 5.74) is -3.14. The number of likely N-dealkylation sites (tertiary alicyclic amines) is 1. The van der Waals surface area contributed by atoms with Gasteiger partial charge in [0, 0.05) is 100 Å². The van der Waals surface area contributed by atoms with Crippen molar-refractivity contribution in [3.8, 4) is 17.2 Å². The Labute approximate surface area is 499 Å². The molecule has 0 spiro atoms. The van der Waals surface area contributed by atoms with Crippen LogP contribution in [0.25, 0.3) is 0 Å². The van der Waals surface area contributed by atoms with Gasteiger partial charge in [0.05, 0.1) is 42.6 Å². The van der Waals surface area contributed by atoms with Crippen LogP contribution in [0.5, 0.6) is 17.2 Å². The molecule has 0 bridgehead atoms. The molecule has 11 atom stereocenters. The van der Waals surface area contributed by atoms with Crippen molar-refractivity contribution >= 4 is 64.7 Å². The van der Waals surface area contributed by atoms with Crippen LogP contribution in [-0.4, -0.2) is 192 Å². The smallest absolute Gasteiger partial charge is 0.408 e. The zero-order chi connectivity index (χ0) is 62.8. The van der Waals surface area contributed by atoms with Crippen LogP contribution in [0.2, 0.25) is 0 Å². The van der Waals surface area contributed by atoms with Crippen LogP contribution in [0.1, 0.15) is 121 Å². The number of carbonyl (C=O) groups excluding carboxylic acids is 10. The van der Waals surface area contributed by atoms with Gasteiger partial charge in [0.1, 0.15) is 53.7 Å². The van der Waals surface area contributed by atoms with E-state index in [1.54, 1.807) is 32.9 Å². The molecule has 4 aliphatic heterocycles. The molecule has 0 aromatic heterocycles. The second kappa shape index (κ2) is 26.5. The molecule has 6 aliphatic rings. The van der Waals surface area contributed by atoms with Crippen LogP contribution in [0.4, 0.5) is 10.5 Å². The molecular formula is C59H72N8O20. The number of alkyl carbamates (subject to hydrolysis) is 1. The minimum atomic E-state index is -2.39. The first-order valence-electron chi connectivity index (χ1n) is 28.7. The van der Waals surface area contributed by atoms with E-state index in [1.165, 1.54) is 58.4 Å². The lowest BCUT2D eigenvalue weighted by molar-refractivity contribution is -0.256. The maximum absolute atomic E-state index is 14.3. The number of hydrogen-bond donors (Lipinski definition) is 9. The van der Waals surface area contributed by atoms with Crippen molar-refractivity contribution in [3.05, 3.63) is 81.4 Å². The summed E-state index contributed by atoms with van der Waals surface area (Å²) < 4.78 is 41.3. The van der Waals surface area contributed by atoms with Crippen LogP contribution in [0, 0.1) is 5.92 Å². The first-order chi connectivity index (χ1) is 41.4. The number of aliphatic hydroxyl groups is 1. The Bertz CT molecular complexity index is 3220. The zero-order valence-electron chi connectivity index (χ0n) is 49.1. The third-order valence-corrected chi connectivity index (χ3v) is 16.4. The van der Waals surface area contributed by atoms with Crippen molar-refractivity contribution in [2.24, 2.45) is 5.92 Å². The first-order valence-corrected chi connectivity index (χ1v) is 28.7. The van der Waals surface area contributed by atoms with E-state index >= 15 is 0 Å². The van der Waals surface area contributed by atoms with Crippen molar-refractivity contribution < 1.29 is 96.4 Å². The van der Waals surface area contributed by atoms with Gasteiger partial charge < -0.3 is 80.4 Å². The van der Waals surface area contributed by atoms with Gasteiger partial charge in [-0.15, -0.1) is 0 Å². The standard InChI is InChI=1S/C59H72N8O20/c1-27(2)46(65-38(68)17-20-67-39(69)15-16-40(67)70)54(77)62-29(4)53(76)64-32-13-11-31(12-14-32)26-84-58(79)63-28(3)52(75)60-18-19-61-57(78)59(80)24-34-43(50(74)45-44(48(34)72)47(71)33-9-8-10-36(81-6)42(33)49(45)73)37(25-59)86-41-23-35-51(30(5)85-41)87-55-56(82-7)83-22-21-66(35)55/h8-14,27-30,35,37,41,46,51,55-56,72,74,80H,15-26H2,1-7H3,(H,60,75)(H,61,78)(H,62,77)(H,63,79)(H,64,76)(H,65,68)/t28-,29-,30-,35-,37-,41-,46-,51+,55+,56-,59-/m0/s1. The fourth-order valence-electron chi connectivity index (χ4n) is 11.8. The van der Waals surface area contributed by atoms with Crippen molar-refractivity contribution in [1.29, 1.82) is 0 Å². The Morgan fingerprint density at radius 2 is 1.49 bits per heavy atom. The van der Waals surface area contributed by atoms with Crippen LogP contribution >= 0.6 is 0 Å². The largest absolute Gasteiger partial charge is 0.507 e. The number of aromatic hydroxyl groups is 2. The molecule has 3 aromatic carbocycles. The summed E-state index contributed by atoms with van der Waals surface area (Å²) in [6, 6.07) is 7.12. The molecule has 28 heteroatoms. The topological polar surface area (TPSA) is 375 Å². The molecule has 0 radical (unpaired) electrons. The number of morpholine rings is 1. The molecular weight excluding hydrogens is 1140 g/mol. The maximum atomic E-state index is 14.3. The molecule has 87 heavy (non-hydrogen) atoms. The summed E-state index contributed by atoms with van der Waals surface area (Å²) in [4.78, 5) is 134. The minimum Gasteiger partial charge on any atom is -0.507 e. The van der Waals surface area contributed by atoms with Gasteiger partial charge in [0.2, 0.25) is 41.2 Å². The number of fused-ring (bicyclic) bond motifs is 6. The van der Waals surface area contributed by atoms with Crippen LogP contribution < -0.4 is 36.6 Å². The highest BCUT2D eigenvalue weighted by Gasteiger charge is 2.55. The molecule has 2 aliphatic carbocycles. The van der Waals surface area contributed by atoms with Gasteiger partial charge in [-0.25, -0.2) is 4.79 Å². The lowest BCUT2D eigenvalue weighted by Crippen LogP contribution is -2.55. The van der Waals surface area contributed by atoms with E-state index in [1.807, 2.05) is 0 Å². The number of rotatable bonds is 21. The molecule has 8 amide bonds. The minimum absolute atomic E-state index is 0.0600. The number of amides is 8. The van der Waals surface area contributed by atoms with Gasteiger partial charge in [-0.2, -0.15) is 0 Å². The number of ketones is 2. The van der Waals surface area contributed by atoms with Gasteiger partial charge in [-0.05, 0) is 50.5 Å². The number of nitrogens with one attached hydrogen (secondary N) is 6. The number of hydrogen-bond acceptors (Lipinski definition) is 21. The third-order valence-electron chi connectivity index (χ3n) is 16.4. The molecule has 4 saturated heterocycles. The van der Waals surface area contributed by atoms with Crippen molar-refractivity contribution in [3.63, 3.8) is 0 Å². The number of phenols is 2. The van der Waals surface area contributed by atoms with E-state index in [-0.39, 0.29) is 104 Å². The quantitative estimate of drug-likeness (QED) is 0.0317. The SMILES string of the molecule is COc1cccc2c1C(=O)c1c(O)c3c(c(O)c1C2=O)C[C@@](O)(C(=O)NCCNC(=O)[C@H](C)NC(=O)OCc1ccc(NC(=O)[C@H](C)NC(=O)[C@@H](NC(=O)CCN2C(=O)CCC2=O)C(C)C)cc1)C[C@@H]3O[C@H]1C[C@H]2[C@H](O[C@@H]3[C@@H](OC)OCCN32)[C@H](C)O1. The Morgan fingerprint density at radius 3 is 2.18 bits per heavy atom. The summed E-state index contributed by atoms with van der Waals surface area (Å²) in [5.74, 6) is -7.44. The molecule has 9 rings (SSSR count). The average Bonchev–Trinajstić information content (AvgIpc) is 1.26. The number of methoxy groups -OCH3 is 2. The second-order valence-corrected chi connectivity index (χ2v) is 22.6. The van der Waals surface area contributed by atoms with Gasteiger partial charge >= 0.3 is 6.09 Å². The van der Waals surface area contributed by atoms with Gasteiger partial charge in [-0.1, -0.05) is 38.1 Å².